The van der Waals surface area contributed by atoms with Crippen molar-refractivity contribution in [3.63, 3.8) is 0 Å². The molecule has 1 N–H and O–H groups in total. The van der Waals surface area contributed by atoms with Crippen LogP contribution in [0.1, 0.15) is 63.8 Å². The first kappa shape index (κ1) is 22.8. The summed E-state index contributed by atoms with van der Waals surface area (Å²) >= 11 is 0. The van der Waals surface area contributed by atoms with Crippen molar-refractivity contribution >= 4 is 11.0 Å². The molecule has 4 aromatic rings. The molecule has 4 rings (SSSR count). The van der Waals surface area contributed by atoms with Crippen molar-refractivity contribution in [3.05, 3.63) is 99.2 Å². The molecule has 0 spiro atoms. The summed E-state index contributed by atoms with van der Waals surface area (Å²) in [5, 5.41) is 10.3. The molecule has 1 aromatic heterocycles. The third-order valence-corrected chi connectivity index (χ3v) is 6.18. The zero-order valence-corrected chi connectivity index (χ0v) is 20.3. The van der Waals surface area contributed by atoms with Gasteiger partial charge < -0.3 is 9.52 Å². The van der Waals surface area contributed by atoms with Gasteiger partial charge in [-0.1, -0.05) is 90.1 Å². The first-order valence-electron chi connectivity index (χ1n) is 11.4. The normalized spacial score (nSPS) is 12.3. The van der Waals surface area contributed by atoms with Crippen LogP contribution in [-0.4, -0.2) is 5.11 Å². The number of fused-ring (bicyclic) bond motifs is 1. The maximum absolute atomic E-state index is 13.6. The average molecular weight is 441 g/mol. The van der Waals surface area contributed by atoms with Crippen LogP contribution in [0.5, 0.6) is 5.75 Å². The number of hydrogen-bond donors (Lipinski definition) is 1. The van der Waals surface area contributed by atoms with E-state index >= 15 is 0 Å². The lowest BCUT2D eigenvalue weighted by Crippen LogP contribution is -2.13. The van der Waals surface area contributed by atoms with Crippen LogP contribution in [0.25, 0.3) is 22.3 Å². The highest BCUT2D eigenvalue weighted by Gasteiger charge is 2.19. The van der Waals surface area contributed by atoms with E-state index in [0.717, 1.165) is 11.1 Å². The SMILES string of the molecule is CC(C)(C)c1ccc(Cc2c(-c3ccc(C(C)(C)C)cc3)oc3ccc(O)cc3c2=O)cc1. The Labute approximate surface area is 195 Å². The minimum absolute atomic E-state index is 0.0396. The number of rotatable bonds is 3. The van der Waals surface area contributed by atoms with Crippen LogP contribution >= 0.6 is 0 Å². The minimum Gasteiger partial charge on any atom is -0.508 e. The summed E-state index contributed by atoms with van der Waals surface area (Å²) in [6.07, 6.45) is 0.453. The van der Waals surface area contributed by atoms with E-state index < -0.39 is 0 Å². The molecule has 0 fully saturated rings. The zero-order valence-electron chi connectivity index (χ0n) is 20.3. The van der Waals surface area contributed by atoms with Gasteiger partial charge in [-0.3, -0.25) is 4.79 Å². The summed E-state index contributed by atoms with van der Waals surface area (Å²) in [6.45, 7) is 13.1. The largest absolute Gasteiger partial charge is 0.508 e. The van der Waals surface area contributed by atoms with E-state index in [-0.39, 0.29) is 22.0 Å². The van der Waals surface area contributed by atoms with Gasteiger partial charge in [-0.15, -0.1) is 0 Å². The smallest absolute Gasteiger partial charge is 0.196 e. The van der Waals surface area contributed by atoms with E-state index in [1.807, 2.05) is 12.1 Å². The highest BCUT2D eigenvalue weighted by atomic mass is 16.3. The van der Waals surface area contributed by atoms with E-state index in [1.54, 1.807) is 12.1 Å². The molecular formula is C30H32O3. The minimum atomic E-state index is -0.109. The van der Waals surface area contributed by atoms with Gasteiger partial charge in [-0.25, -0.2) is 0 Å². The second kappa shape index (κ2) is 8.22. The van der Waals surface area contributed by atoms with E-state index in [2.05, 4.69) is 77.9 Å². The molecule has 33 heavy (non-hydrogen) atoms. The number of phenols is 1. The van der Waals surface area contributed by atoms with E-state index in [0.29, 0.717) is 28.7 Å². The van der Waals surface area contributed by atoms with Gasteiger partial charge in [0.1, 0.15) is 17.1 Å². The predicted octanol–water partition coefficient (Wildman–Crippen LogP) is 7.35. The molecule has 3 aromatic carbocycles. The van der Waals surface area contributed by atoms with Crippen molar-refractivity contribution in [1.29, 1.82) is 0 Å². The van der Waals surface area contributed by atoms with Crippen LogP contribution in [0, 0.1) is 0 Å². The molecule has 0 atom stereocenters. The molecule has 0 amide bonds. The summed E-state index contributed by atoms with van der Waals surface area (Å²) in [5.41, 5.74) is 5.45. The Morgan fingerprint density at radius 2 is 1.30 bits per heavy atom. The molecular weight excluding hydrogens is 408 g/mol. The quantitative estimate of drug-likeness (QED) is 0.362. The molecule has 0 saturated heterocycles. The van der Waals surface area contributed by atoms with Gasteiger partial charge in [0.05, 0.1) is 5.39 Å². The summed E-state index contributed by atoms with van der Waals surface area (Å²) in [6, 6.07) is 21.3. The van der Waals surface area contributed by atoms with Crippen molar-refractivity contribution < 1.29 is 9.52 Å². The van der Waals surface area contributed by atoms with Gasteiger partial charge in [0, 0.05) is 17.5 Å². The second-order valence-corrected chi connectivity index (χ2v) is 10.9. The third kappa shape index (κ3) is 4.73. The van der Waals surface area contributed by atoms with Crippen LogP contribution in [-0.2, 0) is 17.3 Å². The van der Waals surface area contributed by atoms with Crippen molar-refractivity contribution in [2.45, 2.75) is 58.8 Å². The number of phenolic OH excluding ortho intramolecular Hbond substituents is 1. The average Bonchev–Trinajstić information content (AvgIpc) is 2.75. The molecule has 0 aliphatic heterocycles. The fraction of sp³-hybridized carbons (Fsp3) is 0.300. The van der Waals surface area contributed by atoms with Gasteiger partial charge in [0.25, 0.3) is 0 Å². The third-order valence-electron chi connectivity index (χ3n) is 6.18. The van der Waals surface area contributed by atoms with Crippen molar-refractivity contribution in [1.82, 2.24) is 0 Å². The Morgan fingerprint density at radius 1 is 0.758 bits per heavy atom. The van der Waals surface area contributed by atoms with Crippen LogP contribution < -0.4 is 5.43 Å². The van der Waals surface area contributed by atoms with Gasteiger partial charge in [-0.2, -0.15) is 0 Å². The van der Waals surface area contributed by atoms with Crippen molar-refractivity contribution in [2.75, 3.05) is 0 Å². The second-order valence-electron chi connectivity index (χ2n) is 10.9. The fourth-order valence-corrected chi connectivity index (χ4v) is 4.06. The predicted molar refractivity (Wildman–Crippen MR) is 136 cm³/mol. The lowest BCUT2D eigenvalue weighted by atomic mass is 9.85. The number of aromatic hydroxyl groups is 1. The molecule has 0 unspecified atom stereocenters. The summed E-state index contributed by atoms with van der Waals surface area (Å²) in [4.78, 5) is 13.6. The first-order chi connectivity index (χ1) is 15.4. The standard InChI is InChI=1S/C30H32O3/c1-29(2,3)21-11-7-19(8-12-21)17-25-27(32)24-18-23(31)15-16-26(24)33-28(25)20-9-13-22(14-10-20)30(4,5)6/h7-16,18,31H,17H2,1-6H3. The Bertz CT molecular complexity index is 1340. The molecule has 1 heterocycles. The number of hydrogen-bond acceptors (Lipinski definition) is 3. The highest BCUT2D eigenvalue weighted by molar-refractivity contribution is 5.82. The van der Waals surface area contributed by atoms with Crippen LogP contribution in [0.4, 0.5) is 0 Å². The van der Waals surface area contributed by atoms with Gasteiger partial charge in [0.15, 0.2) is 5.43 Å². The monoisotopic (exact) mass is 440 g/mol. The Morgan fingerprint density at radius 3 is 1.85 bits per heavy atom. The van der Waals surface area contributed by atoms with Crippen LogP contribution in [0.15, 0.2) is 75.9 Å². The Kier molecular flexibility index (Phi) is 5.69. The lowest BCUT2D eigenvalue weighted by Gasteiger charge is -2.20. The summed E-state index contributed by atoms with van der Waals surface area (Å²) in [5.74, 6) is 0.635. The van der Waals surface area contributed by atoms with Crippen molar-refractivity contribution in [3.8, 4) is 17.1 Å². The van der Waals surface area contributed by atoms with E-state index in [9.17, 15) is 9.90 Å². The van der Waals surface area contributed by atoms with Crippen molar-refractivity contribution in [2.24, 2.45) is 0 Å². The molecule has 0 aliphatic carbocycles. The molecule has 0 radical (unpaired) electrons. The lowest BCUT2D eigenvalue weighted by molar-refractivity contribution is 0.475. The maximum atomic E-state index is 13.6. The molecule has 0 saturated carbocycles. The Hall–Kier alpha value is -3.33. The van der Waals surface area contributed by atoms with Gasteiger partial charge in [0.2, 0.25) is 0 Å². The number of benzene rings is 3. The van der Waals surface area contributed by atoms with E-state index in [1.165, 1.54) is 17.2 Å². The highest BCUT2D eigenvalue weighted by Crippen LogP contribution is 2.31. The molecule has 3 nitrogen and oxygen atoms in total. The van der Waals surface area contributed by atoms with Gasteiger partial charge in [-0.05, 0) is 45.7 Å². The topological polar surface area (TPSA) is 50.4 Å². The maximum Gasteiger partial charge on any atom is 0.196 e. The zero-order chi connectivity index (χ0) is 24.0. The molecule has 3 heteroatoms. The Balaban J connectivity index is 1.86. The molecule has 170 valence electrons. The molecule has 0 aliphatic rings. The summed E-state index contributed by atoms with van der Waals surface area (Å²) < 4.78 is 6.28. The van der Waals surface area contributed by atoms with Crippen LogP contribution in [0.3, 0.4) is 0 Å². The fourth-order valence-electron chi connectivity index (χ4n) is 4.06. The van der Waals surface area contributed by atoms with E-state index in [4.69, 9.17) is 4.42 Å². The van der Waals surface area contributed by atoms with Gasteiger partial charge >= 0.3 is 0 Å². The summed E-state index contributed by atoms with van der Waals surface area (Å²) in [7, 11) is 0. The first-order valence-corrected chi connectivity index (χ1v) is 11.4. The van der Waals surface area contributed by atoms with Crippen LogP contribution in [0.2, 0.25) is 0 Å². The molecule has 0 bridgehead atoms.